The van der Waals surface area contributed by atoms with Crippen molar-refractivity contribution in [3.63, 3.8) is 0 Å². The highest BCUT2D eigenvalue weighted by molar-refractivity contribution is 6.23. The number of aromatic carboxylic acids is 1. The van der Waals surface area contributed by atoms with Gasteiger partial charge in [0.05, 0.1) is 34.5 Å². The van der Waals surface area contributed by atoms with Gasteiger partial charge in [0, 0.05) is 17.5 Å². The molecule has 2 aliphatic carbocycles. The van der Waals surface area contributed by atoms with Crippen LogP contribution < -0.4 is 10.3 Å². The summed E-state index contributed by atoms with van der Waals surface area (Å²) in [7, 11) is 0. The number of hydrogen-bond acceptors (Lipinski definition) is 8. The lowest BCUT2D eigenvalue weighted by atomic mass is 9.49. The molecule has 11 nitrogen and oxygen atoms in total. The van der Waals surface area contributed by atoms with Gasteiger partial charge in [-0.15, -0.1) is 0 Å². The van der Waals surface area contributed by atoms with Gasteiger partial charge >= 0.3 is 5.97 Å². The summed E-state index contributed by atoms with van der Waals surface area (Å²) in [6.45, 7) is 3.69. The standard InChI is InChI=1S/C41H35N3O8/c1-21-11-13-24(14-12-21)42-44-37(48)31-20-30-26(17-18-28-33(30)38(49)43(36(28)47)25-15-16-27(39(50)51)32(45)19-25)34(29-10-6-7-22(2)35(29)46)41(31,40(44)52)23-8-4-3-5-9-23/h3-17,19,28,30-31,33-34,42,45-46H,18,20H2,1-2H3,(H,50,51). The Morgan fingerprint density at radius 1 is 0.827 bits per heavy atom. The average molecular weight is 698 g/mol. The van der Waals surface area contributed by atoms with E-state index in [9.17, 15) is 34.5 Å². The second kappa shape index (κ2) is 11.9. The number of carbonyl (C=O) groups is 5. The molecule has 0 spiro atoms. The van der Waals surface area contributed by atoms with Gasteiger partial charge in [0.15, 0.2) is 0 Å². The zero-order valence-electron chi connectivity index (χ0n) is 28.3. The van der Waals surface area contributed by atoms with E-state index in [0.717, 1.165) is 27.6 Å². The number of imide groups is 2. The van der Waals surface area contributed by atoms with E-state index in [0.29, 0.717) is 28.0 Å². The Bertz CT molecular complexity index is 2230. The first-order valence-corrected chi connectivity index (χ1v) is 17.1. The first-order valence-electron chi connectivity index (χ1n) is 17.1. The third-order valence-electron chi connectivity index (χ3n) is 11.4. The quantitative estimate of drug-likeness (QED) is 0.148. The number of para-hydroxylation sites is 1. The molecule has 2 heterocycles. The summed E-state index contributed by atoms with van der Waals surface area (Å²) < 4.78 is 0. The number of nitrogens with zero attached hydrogens (tertiary/aromatic N) is 2. The third-order valence-corrected chi connectivity index (χ3v) is 11.4. The summed E-state index contributed by atoms with van der Waals surface area (Å²) in [4.78, 5) is 71.0. The maximum atomic E-state index is 15.2. The van der Waals surface area contributed by atoms with Crippen LogP contribution in [-0.4, -0.2) is 49.9 Å². The molecule has 4 aliphatic rings. The predicted molar refractivity (Wildman–Crippen MR) is 189 cm³/mol. The van der Waals surface area contributed by atoms with E-state index in [1.165, 1.54) is 6.07 Å². The molecule has 4 amide bonds. The van der Waals surface area contributed by atoms with Crippen molar-refractivity contribution in [1.29, 1.82) is 0 Å². The van der Waals surface area contributed by atoms with Crippen molar-refractivity contribution in [3.8, 4) is 11.5 Å². The Kier molecular flexibility index (Phi) is 7.56. The van der Waals surface area contributed by atoms with Gasteiger partial charge in [-0.2, -0.15) is 5.01 Å². The molecule has 3 fully saturated rings. The van der Waals surface area contributed by atoms with Crippen molar-refractivity contribution in [2.24, 2.45) is 23.7 Å². The van der Waals surface area contributed by atoms with Crippen molar-refractivity contribution < 1.29 is 39.3 Å². The van der Waals surface area contributed by atoms with Crippen molar-refractivity contribution in [3.05, 3.63) is 130 Å². The lowest BCUT2D eigenvalue weighted by molar-refractivity contribution is -0.138. The summed E-state index contributed by atoms with van der Waals surface area (Å²) in [6, 6.07) is 25.2. The number of hydrogen-bond donors (Lipinski definition) is 4. The largest absolute Gasteiger partial charge is 0.507 e. The summed E-state index contributed by atoms with van der Waals surface area (Å²) in [6.07, 6.45) is 2.12. The van der Waals surface area contributed by atoms with Crippen LogP contribution >= 0.6 is 0 Å². The van der Waals surface area contributed by atoms with E-state index in [2.05, 4.69) is 5.43 Å². The fourth-order valence-electron chi connectivity index (χ4n) is 9.10. The van der Waals surface area contributed by atoms with Crippen LogP contribution in [0.25, 0.3) is 0 Å². The number of nitrogens with one attached hydrogen (secondary N) is 1. The summed E-state index contributed by atoms with van der Waals surface area (Å²) in [5.74, 6) is -8.28. The van der Waals surface area contributed by atoms with Crippen LogP contribution in [0.15, 0.2) is 103 Å². The number of phenolic OH excluding ortho intramolecular Hbond substituents is 1. The molecule has 0 radical (unpaired) electrons. The maximum Gasteiger partial charge on any atom is 0.339 e. The SMILES string of the molecule is Cc1ccc(NN2C(=O)C3CC4C(=CCC5C(=O)N(c6ccc(C(=O)O)c(O)c6)C(=O)C54)C(c4cccc(C)c4O)C3(c3ccccc3)C2=O)cc1. The summed E-state index contributed by atoms with van der Waals surface area (Å²) >= 11 is 0. The number of amides is 4. The minimum atomic E-state index is -1.53. The number of phenols is 2. The number of allylic oxidation sites excluding steroid dienone is 2. The molecule has 6 unspecified atom stereocenters. The minimum absolute atomic E-state index is 0.0279. The summed E-state index contributed by atoms with van der Waals surface area (Å²) in [5, 5.41) is 32.6. The molecule has 1 saturated carbocycles. The van der Waals surface area contributed by atoms with Gasteiger partial charge in [-0.05, 0) is 68.0 Å². The van der Waals surface area contributed by atoms with Crippen LogP contribution in [0, 0.1) is 37.5 Å². The highest BCUT2D eigenvalue weighted by atomic mass is 16.4. The number of carbonyl (C=O) groups excluding carboxylic acids is 4. The lowest BCUT2D eigenvalue weighted by Crippen LogP contribution is -2.53. The molecule has 52 heavy (non-hydrogen) atoms. The fourth-order valence-corrected chi connectivity index (χ4v) is 9.10. The molecule has 0 bridgehead atoms. The molecule has 6 atom stereocenters. The molecule has 262 valence electrons. The number of carboxylic acids is 1. The van der Waals surface area contributed by atoms with Gasteiger partial charge in [-0.3, -0.25) is 24.6 Å². The smallest absolute Gasteiger partial charge is 0.339 e. The maximum absolute atomic E-state index is 15.2. The normalized spacial score (nSPS) is 26.5. The number of aromatic hydroxyl groups is 2. The molecule has 11 heteroatoms. The zero-order valence-corrected chi connectivity index (χ0v) is 28.3. The highest BCUT2D eigenvalue weighted by Gasteiger charge is 2.70. The van der Waals surface area contributed by atoms with E-state index < -0.39 is 70.4 Å². The molecule has 2 saturated heterocycles. The van der Waals surface area contributed by atoms with Crippen LogP contribution in [0.3, 0.4) is 0 Å². The number of carboxylic acid groups (broad SMARTS) is 1. The Labute approximate surface area is 298 Å². The molecule has 4 N–H and O–H groups in total. The number of hydrazine groups is 1. The molecule has 2 aliphatic heterocycles. The van der Waals surface area contributed by atoms with Gasteiger partial charge in [0.2, 0.25) is 11.8 Å². The predicted octanol–water partition coefficient (Wildman–Crippen LogP) is 5.60. The lowest BCUT2D eigenvalue weighted by Gasteiger charge is -2.50. The van der Waals surface area contributed by atoms with Crippen LogP contribution in [0.4, 0.5) is 11.4 Å². The monoisotopic (exact) mass is 697 g/mol. The van der Waals surface area contributed by atoms with Gasteiger partial charge < -0.3 is 15.3 Å². The third kappa shape index (κ3) is 4.61. The van der Waals surface area contributed by atoms with E-state index in [4.69, 9.17) is 0 Å². The summed E-state index contributed by atoms with van der Waals surface area (Å²) in [5.41, 5.74) is 5.01. The number of rotatable bonds is 6. The van der Waals surface area contributed by atoms with Gasteiger partial charge in [-0.1, -0.05) is 77.9 Å². The van der Waals surface area contributed by atoms with Gasteiger partial charge in [-0.25, -0.2) is 9.69 Å². The number of fused-ring (bicyclic) bond motifs is 4. The number of benzene rings is 4. The van der Waals surface area contributed by atoms with Crippen molar-refractivity contribution >= 4 is 41.0 Å². The van der Waals surface area contributed by atoms with Crippen molar-refractivity contribution in [2.45, 2.75) is 38.0 Å². The van der Waals surface area contributed by atoms with Gasteiger partial charge in [0.25, 0.3) is 11.8 Å². The minimum Gasteiger partial charge on any atom is -0.507 e. The molecular weight excluding hydrogens is 662 g/mol. The van der Waals surface area contributed by atoms with E-state index >= 15 is 4.79 Å². The van der Waals surface area contributed by atoms with Gasteiger partial charge in [0.1, 0.15) is 17.1 Å². The molecule has 4 aromatic carbocycles. The van der Waals surface area contributed by atoms with E-state index in [1.807, 2.05) is 55.5 Å². The molecule has 8 rings (SSSR count). The van der Waals surface area contributed by atoms with Crippen LogP contribution in [0.2, 0.25) is 0 Å². The molecule has 4 aromatic rings. The first kappa shape index (κ1) is 32.9. The van der Waals surface area contributed by atoms with Crippen molar-refractivity contribution in [2.75, 3.05) is 10.3 Å². The Morgan fingerprint density at radius 3 is 2.25 bits per heavy atom. The van der Waals surface area contributed by atoms with Crippen LogP contribution in [0.1, 0.15) is 51.4 Å². The van der Waals surface area contributed by atoms with E-state index in [1.54, 1.807) is 37.3 Å². The second-order valence-corrected chi connectivity index (χ2v) is 14.1. The van der Waals surface area contributed by atoms with E-state index in [-0.39, 0.29) is 29.8 Å². The Morgan fingerprint density at radius 2 is 1.56 bits per heavy atom. The topological polar surface area (TPSA) is 165 Å². The zero-order chi connectivity index (χ0) is 36.6. The molecule has 0 aromatic heterocycles. The Balaban J connectivity index is 1.30. The number of aryl methyl sites for hydroxylation is 2. The van der Waals surface area contributed by atoms with Crippen molar-refractivity contribution in [1.82, 2.24) is 5.01 Å². The second-order valence-electron chi connectivity index (χ2n) is 14.1. The van der Waals surface area contributed by atoms with Crippen LogP contribution in [-0.2, 0) is 24.6 Å². The highest BCUT2D eigenvalue weighted by Crippen LogP contribution is 2.65. The fraction of sp³-hybridized carbons (Fsp3) is 0.244. The Hall–Kier alpha value is -6.23. The first-order chi connectivity index (χ1) is 24.9. The van der Waals surface area contributed by atoms with Crippen LogP contribution in [0.5, 0.6) is 11.5 Å². The number of anilines is 2. The average Bonchev–Trinajstić information content (AvgIpc) is 3.51. The molecular formula is C41H35N3O8.